The smallest absolute Gasteiger partial charge is 0.331 e. The number of amides is 1. The van der Waals surface area contributed by atoms with Gasteiger partial charge in [-0.05, 0) is 35.4 Å². The molecule has 15 heavy (non-hydrogen) atoms. The van der Waals surface area contributed by atoms with Gasteiger partial charge in [-0.3, -0.25) is 4.79 Å². The zero-order valence-electron chi connectivity index (χ0n) is 8.17. The van der Waals surface area contributed by atoms with Crippen molar-refractivity contribution in [2.24, 2.45) is 5.73 Å². The summed E-state index contributed by atoms with van der Waals surface area (Å²) in [6, 6.07) is 1.87. The number of carbonyl (C=O) groups is 2. The molecule has 0 unspecified atom stereocenters. The highest BCUT2D eigenvalue weighted by atomic mass is 32.1. The first-order valence-electron chi connectivity index (χ1n) is 4.30. The summed E-state index contributed by atoms with van der Waals surface area (Å²) in [5.41, 5.74) is 5.86. The van der Waals surface area contributed by atoms with Crippen molar-refractivity contribution >= 4 is 29.3 Å². The number of thiophene rings is 1. The van der Waals surface area contributed by atoms with Crippen LogP contribution in [0.1, 0.15) is 12.5 Å². The Morgan fingerprint density at radius 2 is 2.33 bits per heavy atom. The summed E-state index contributed by atoms with van der Waals surface area (Å²) in [7, 11) is 0. The predicted octanol–water partition coefficient (Wildman–Crippen LogP) is 1.18. The second-order valence-electron chi connectivity index (χ2n) is 2.87. The van der Waals surface area contributed by atoms with E-state index in [1.807, 2.05) is 16.8 Å². The molecule has 1 amide bonds. The number of ether oxygens (including phenoxy) is 1. The molecule has 1 aromatic heterocycles. The number of hydrogen-bond donors (Lipinski definition) is 1. The topological polar surface area (TPSA) is 69.4 Å². The van der Waals surface area contributed by atoms with Gasteiger partial charge in [-0.2, -0.15) is 11.3 Å². The Hall–Kier alpha value is -1.62. The zero-order chi connectivity index (χ0) is 11.3. The summed E-state index contributed by atoms with van der Waals surface area (Å²) in [6.45, 7) is 1.43. The number of esters is 1. The van der Waals surface area contributed by atoms with E-state index in [4.69, 9.17) is 10.5 Å². The fourth-order valence-corrected chi connectivity index (χ4v) is 1.43. The molecule has 0 bridgehead atoms. The third-order valence-electron chi connectivity index (χ3n) is 1.65. The van der Waals surface area contributed by atoms with Gasteiger partial charge in [0, 0.05) is 6.08 Å². The van der Waals surface area contributed by atoms with Gasteiger partial charge in [0.2, 0.25) is 0 Å². The Balaban J connectivity index is 2.46. The van der Waals surface area contributed by atoms with E-state index >= 15 is 0 Å². The first-order chi connectivity index (χ1) is 7.09. The van der Waals surface area contributed by atoms with Crippen LogP contribution in [0.3, 0.4) is 0 Å². The lowest BCUT2D eigenvalue weighted by molar-refractivity contribution is -0.148. The fourth-order valence-electron chi connectivity index (χ4n) is 0.806. The van der Waals surface area contributed by atoms with Crippen LogP contribution in [-0.2, 0) is 14.3 Å². The summed E-state index contributed by atoms with van der Waals surface area (Å²) < 4.78 is 4.71. The van der Waals surface area contributed by atoms with Crippen LogP contribution >= 0.6 is 11.3 Å². The standard InChI is InChI=1S/C10H11NO3S/c1-7(10(11)13)14-9(12)3-2-8-4-5-15-6-8/h2-7H,1H3,(H2,11,13)/b3-2+/t7-/m1/s1. The van der Waals surface area contributed by atoms with Crippen molar-refractivity contribution < 1.29 is 14.3 Å². The zero-order valence-corrected chi connectivity index (χ0v) is 8.99. The lowest BCUT2D eigenvalue weighted by Crippen LogP contribution is -2.29. The lowest BCUT2D eigenvalue weighted by Gasteiger charge is -2.06. The molecule has 0 radical (unpaired) electrons. The third-order valence-corrected chi connectivity index (χ3v) is 2.35. The van der Waals surface area contributed by atoms with Crippen molar-refractivity contribution in [3.05, 3.63) is 28.5 Å². The maximum absolute atomic E-state index is 11.1. The second kappa shape index (κ2) is 5.31. The largest absolute Gasteiger partial charge is 0.449 e. The monoisotopic (exact) mass is 225 g/mol. The number of rotatable bonds is 4. The molecule has 0 aliphatic rings. The van der Waals surface area contributed by atoms with E-state index in [9.17, 15) is 9.59 Å². The van der Waals surface area contributed by atoms with E-state index < -0.39 is 18.0 Å². The molecule has 0 aliphatic carbocycles. The SMILES string of the molecule is C[C@@H](OC(=O)/C=C/c1ccsc1)C(N)=O. The number of carbonyl (C=O) groups excluding carboxylic acids is 2. The van der Waals surface area contributed by atoms with Crippen molar-refractivity contribution in [3.63, 3.8) is 0 Å². The average molecular weight is 225 g/mol. The first-order valence-corrected chi connectivity index (χ1v) is 5.24. The highest BCUT2D eigenvalue weighted by molar-refractivity contribution is 7.08. The molecule has 4 nitrogen and oxygen atoms in total. The highest BCUT2D eigenvalue weighted by Gasteiger charge is 2.11. The van der Waals surface area contributed by atoms with Crippen molar-refractivity contribution in [1.29, 1.82) is 0 Å². The van der Waals surface area contributed by atoms with Crippen LogP contribution in [0, 0.1) is 0 Å². The lowest BCUT2D eigenvalue weighted by atomic mass is 10.3. The van der Waals surface area contributed by atoms with Crippen molar-refractivity contribution in [1.82, 2.24) is 0 Å². The Morgan fingerprint density at radius 1 is 1.60 bits per heavy atom. The Kier molecular flexibility index (Phi) is 4.05. The first kappa shape index (κ1) is 11.5. The van der Waals surface area contributed by atoms with Crippen LogP contribution in [0.2, 0.25) is 0 Å². The van der Waals surface area contributed by atoms with E-state index in [-0.39, 0.29) is 0 Å². The normalized spacial score (nSPS) is 12.6. The maximum Gasteiger partial charge on any atom is 0.331 e. The Morgan fingerprint density at radius 3 is 2.87 bits per heavy atom. The van der Waals surface area contributed by atoms with E-state index in [0.29, 0.717) is 0 Å². The highest BCUT2D eigenvalue weighted by Crippen LogP contribution is 2.07. The van der Waals surface area contributed by atoms with Gasteiger partial charge in [0.1, 0.15) is 0 Å². The Bertz CT molecular complexity index is 370. The van der Waals surface area contributed by atoms with Crippen LogP contribution in [0.15, 0.2) is 22.9 Å². The molecule has 0 spiro atoms. The summed E-state index contributed by atoms with van der Waals surface area (Å²) in [4.78, 5) is 21.7. The fraction of sp³-hybridized carbons (Fsp3) is 0.200. The van der Waals surface area contributed by atoms with Gasteiger partial charge in [0.25, 0.3) is 5.91 Å². The molecular weight excluding hydrogens is 214 g/mol. The van der Waals surface area contributed by atoms with Gasteiger partial charge in [0.05, 0.1) is 0 Å². The molecule has 5 heteroatoms. The molecular formula is C10H11NO3S. The van der Waals surface area contributed by atoms with Crippen LogP contribution in [0.4, 0.5) is 0 Å². The maximum atomic E-state index is 11.1. The van der Waals surface area contributed by atoms with Gasteiger partial charge < -0.3 is 10.5 Å². The molecule has 2 N–H and O–H groups in total. The van der Waals surface area contributed by atoms with Crippen molar-refractivity contribution in [2.75, 3.05) is 0 Å². The summed E-state index contributed by atoms with van der Waals surface area (Å²) in [5, 5.41) is 3.79. The van der Waals surface area contributed by atoms with Gasteiger partial charge in [0.15, 0.2) is 6.10 Å². The van der Waals surface area contributed by atoms with E-state index in [0.717, 1.165) is 5.56 Å². The van der Waals surface area contributed by atoms with E-state index in [2.05, 4.69) is 0 Å². The summed E-state index contributed by atoms with van der Waals surface area (Å²) >= 11 is 1.53. The minimum Gasteiger partial charge on any atom is -0.449 e. The van der Waals surface area contributed by atoms with Crippen molar-refractivity contribution in [2.45, 2.75) is 13.0 Å². The minimum atomic E-state index is -0.898. The van der Waals surface area contributed by atoms with E-state index in [1.165, 1.54) is 24.3 Å². The van der Waals surface area contributed by atoms with Gasteiger partial charge in [-0.1, -0.05) is 0 Å². The van der Waals surface area contributed by atoms with Gasteiger partial charge in [-0.25, -0.2) is 4.79 Å². The number of primary amides is 1. The van der Waals surface area contributed by atoms with Crippen LogP contribution in [0.5, 0.6) is 0 Å². The summed E-state index contributed by atoms with van der Waals surface area (Å²) in [6.07, 6.45) is 1.98. The molecule has 1 atom stereocenters. The molecule has 80 valence electrons. The average Bonchev–Trinajstić information content (AvgIpc) is 2.66. The molecule has 0 fully saturated rings. The molecule has 0 saturated heterocycles. The molecule has 0 aromatic carbocycles. The van der Waals surface area contributed by atoms with Crippen LogP contribution in [-0.4, -0.2) is 18.0 Å². The molecule has 1 rings (SSSR count). The predicted molar refractivity (Wildman–Crippen MR) is 58.1 cm³/mol. The third kappa shape index (κ3) is 3.95. The molecule has 0 saturated carbocycles. The van der Waals surface area contributed by atoms with Gasteiger partial charge >= 0.3 is 5.97 Å². The molecule has 1 heterocycles. The van der Waals surface area contributed by atoms with Crippen LogP contribution < -0.4 is 5.73 Å². The Labute approximate surface area is 91.3 Å². The van der Waals surface area contributed by atoms with E-state index in [1.54, 1.807) is 6.08 Å². The number of hydrogen-bond acceptors (Lipinski definition) is 4. The van der Waals surface area contributed by atoms with Gasteiger partial charge in [-0.15, -0.1) is 0 Å². The van der Waals surface area contributed by atoms with Crippen LogP contribution in [0.25, 0.3) is 6.08 Å². The quantitative estimate of drug-likeness (QED) is 0.618. The second-order valence-corrected chi connectivity index (χ2v) is 3.65. The van der Waals surface area contributed by atoms with Crippen molar-refractivity contribution in [3.8, 4) is 0 Å². The number of nitrogens with two attached hydrogens (primary N) is 1. The molecule has 1 aromatic rings. The summed E-state index contributed by atoms with van der Waals surface area (Å²) in [5.74, 6) is -1.24. The minimum absolute atomic E-state index is 0.576. The molecule has 0 aliphatic heterocycles.